The Morgan fingerprint density at radius 1 is 0.786 bits per heavy atom. The maximum atomic E-state index is 14.3. The first kappa shape index (κ1) is 19.8. The van der Waals surface area contributed by atoms with Gasteiger partial charge in [0.25, 0.3) is 0 Å². The summed E-state index contributed by atoms with van der Waals surface area (Å²) < 4.78 is 85.7. The van der Waals surface area contributed by atoms with Crippen LogP contribution in [-0.4, -0.2) is 16.8 Å². The molecule has 0 aliphatic heterocycles. The van der Waals surface area contributed by atoms with Gasteiger partial charge in [-0.3, -0.25) is 0 Å². The van der Waals surface area contributed by atoms with E-state index in [-0.39, 0.29) is 6.42 Å². The Hall–Kier alpha value is -1.51. The first-order chi connectivity index (χ1) is 13.1. The van der Waals surface area contributed by atoms with Crippen LogP contribution in [0.2, 0.25) is 0 Å². The minimum atomic E-state index is -5.09. The molecule has 0 amide bonds. The third-order valence-corrected chi connectivity index (χ3v) is 6.49. The van der Waals surface area contributed by atoms with Crippen LogP contribution in [0.5, 0.6) is 0 Å². The number of halogens is 7. The van der Waals surface area contributed by atoms with Crippen LogP contribution in [-0.2, 0) is 5.41 Å². The van der Waals surface area contributed by atoms with Crippen molar-refractivity contribution in [3.05, 3.63) is 81.9 Å². The number of hydrogen-bond donors (Lipinski definition) is 0. The van der Waals surface area contributed by atoms with Crippen LogP contribution in [0.1, 0.15) is 41.0 Å². The molecule has 2 bridgehead atoms. The van der Waals surface area contributed by atoms with Gasteiger partial charge in [-0.1, -0.05) is 71.1 Å². The number of benzene rings is 2. The SMILES string of the molecule is FC(F)(F)C1=C(C(F)(F)F)C2(CCCI)c3ccccc3C1c1ccccc12. The largest absolute Gasteiger partial charge is 0.414 e. The van der Waals surface area contributed by atoms with Crippen molar-refractivity contribution in [2.45, 2.75) is 36.5 Å². The molecule has 0 saturated carbocycles. The molecule has 0 unspecified atom stereocenters. The Kier molecular flexibility index (Phi) is 4.60. The molecule has 3 aliphatic carbocycles. The minimum Gasteiger partial charge on any atom is -0.166 e. The highest BCUT2D eigenvalue weighted by atomic mass is 127. The van der Waals surface area contributed by atoms with E-state index in [2.05, 4.69) is 0 Å². The summed E-state index contributed by atoms with van der Waals surface area (Å²) in [6.45, 7) is 0. The molecule has 7 heteroatoms. The molecule has 3 aliphatic rings. The highest BCUT2D eigenvalue weighted by Gasteiger charge is 2.64. The van der Waals surface area contributed by atoms with Crippen LogP contribution in [0, 0.1) is 0 Å². The van der Waals surface area contributed by atoms with Crippen molar-refractivity contribution < 1.29 is 26.3 Å². The summed E-state index contributed by atoms with van der Waals surface area (Å²) in [4.78, 5) is 0. The maximum Gasteiger partial charge on any atom is 0.414 e. The van der Waals surface area contributed by atoms with Gasteiger partial charge >= 0.3 is 12.4 Å². The first-order valence-corrected chi connectivity index (χ1v) is 10.3. The molecular weight excluding hydrogens is 493 g/mol. The molecule has 2 aromatic rings. The first-order valence-electron chi connectivity index (χ1n) is 8.78. The Bertz CT molecular complexity index is 906. The van der Waals surface area contributed by atoms with E-state index in [9.17, 15) is 26.3 Å². The zero-order valence-electron chi connectivity index (χ0n) is 14.5. The second-order valence-electron chi connectivity index (χ2n) is 7.09. The van der Waals surface area contributed by atoms with Crippen molar-refractivity contribution in [2.24, 2.45) is 0 Å². The van der Waals surface area contributed by atoms with Crippen molar-refractivity contribution in [1.82, 2.24) is 0 Å². The second kappa shape index (κ2) is 6.50. The molecule has 0 N–H and O–H groups in total. The van der Waals surface area contributed by atoms with Gasteiger partial charge in [0.05, 0.1) is 16.6 Å². The van der Waals surface area contributed by atoms with Crippen molar-refractivity contribution in [3.8, 4) is 0 Å². The standard InChI is InChI=1S/C21H15F6I/c22-20(23,24)17-16-12-6-1-3-8-14(12)19(10-5-11-28,18(17)21(25,26)27)15-9-4-2-7-13(15)16/h1-4,6-9,16H,5,10-11H2. The van der Waals surface area contributed by atoms with E-state index in [1.54, 1.807) is 36.4 Å². The summed E-state index contributed by atoms with van der Waals surface area (Å²) in [7, 11) is 0. The highest BCUT2D eigenvalue weighted by Crippen LogP contribution is 2.66. The van der Waals surface area contributed by atoms with Gasteiger partial charge in [-0.2, -0.15) is 26.3 Å². The number of hydrogen-bond acceptors (Lipinski definition) is 0. The van der Waals surface area contributed by atoms with Gasteiger partial charge in [-0.05, 0) is 39.5 Å². The Morgan fingerprint density at radius 2 is 1.29 bits per heavy atom. The summed E-state index contributed by atoms with van der Waals surface area (Å²) >= 11 is 2.05. The van der Waals surface area contributed by atoms with Gasteiger partial charge in [0.2, 0.25) is 0 Å². The summed E-state index contributed by atoms with van der Waals surface area (Å²) in [5.41, 5.74) is -3.36. The van der Waals surface area contributed by atoms with Gasteiger partial charge in [0, 0.05) is 5.92 Å². The van der Waals surface area contributed by atoms with Crippen molar-refractivity contribution in [2.75, 3.05) is 4.43 Å². The third-order valence-electron chi connectivity index (χ3n) is 5.72. The average molecular weight is 508 g/mol. The van der Waals surface area contributed by atoms with E-state index in [1.807, 2.05) is 22.6 Å². The predicted molar refractivity (Wildman–Crippen MR) is 103 cm³/mol. The number of allylic oxidation sites excluding steroid dienone is 2. The quantitative estimate of drug-likeness (QED) is 0.180. The van der Waals surface area contributed by atoms with Gasteiger partial charge in [0.15, 0.2) is 0 Å². The fraction of sp³-hybridized carbons (Fsp3) is 0.333. The molecule has 0 spiro atoms. The molecule has 2 aromatic carbocycles. The van der Waals surface area contributed by atoms with Gasteiger partial charge in [0.1, 0.15) is 0 Å². The molecule has 0 nitrogen and oxygen atoms in total. The Balaban J connectivity index is 2.20. The van der Waals surface area contributed by atoms with E-state index < -0.39 is 34.8 Å². The van der Waals surface area contributed by atoms with Crippen LogP contribution in [0.25, 0.3) is 0 Å². The summed E-state index contributed by atoms with van der Waals surface area (Å²) in [6.07, 6.45) is -9.81. The third kappa shape index (κ3) is 2.64. The van der Waals surface area contributed by atoms with Crippen LogP contribution >= 0.6 is 22.6 Å². The number of rotatable bonds is 3. The van der Waals surface area contributed by atoms with Crippen molar-refractivity contribution in [1.29, 1.82) is 0 Å². The monoisotopic (exact) mass is 508 g/mol. The minimum absolute atomic E-state index is 0.0227. The van der Waals surface area contributed by atoms with Crippen LogP contribution < -0.4 is 0 Å². The van der Waals surface area contributed by atoms with Crippen LogP contribution in [0.15, 0.2) is 59.7 Å². The normalized spacial score (nSPS) is 23.6. The maximum absolute atomic E-state index is 14.3. The highest BCUT2D eigenvalue weighted by molar-refractivity contribution is 14.1. The van der Waals surface area contributed by atoms with Crippen LogP contribution in [0.4, 0.5) is 26.3 Å². The topological polar surface area (TPSA) is 0 Å². The fourth-order valence-corrected chi connectivity index (χ4v) is 5.35. The smallest absolute Gasteiger partial charge is 0.166 e. The van der Waals surface area contributed by atoms with Crippen molar-refractivity contribution in [3.63, 3.8) is 0 Å². The summed E-state index contributed by atoms with van der Waals surface area (Å²) in [5, 5.41) is 0. The molecule has 0 atom stereocenters. The molecule has 0 aromatic heterocycles. The van der Waals surface area contributed by atoms with Gasteiger partial charge in [-0.25, -0.2) is 0 Å². The van der Waals surface area contributed by atoms with E-state index in [4.69, 9.17) is 0 Å². The summed E-state index contributed by atoms with van der Waals surface area (Å²) in [6, 6.07) is 12.6. The van der Waals surface area contributed by atoms with E-state index in [0.29, 0.717) is 33.1 Å². The lowest BCUT2D eigenvalue weighted by atomic mass is 9.51. The van der Waals surface area contributed by atoms with Crippen LogP contribution in [0.3, 0.4) is 0 Å². The van der Waals surface area contributed by atoms with Crippen molar-refractivity contribution >= 4 is 22.6 Å². The molecule has 5 rings (SSSR count). The zero-order valence-corrected chi connectivity index (χ0v) is 16.6. The summed E-state index contributed by atoms with van der Waals surface area (Å²) in [5.74, 6) is -1.45. The molecule has 28 heavy (non-hydrogen) atoms. The average Bonchev–Trinajstić information content (AvgIpc) is 2.64. The lowest BCUT2D eigenvalue weighted by molar-refractivity contribution is -0.126. The van der Waals surface area contributed by atoms with E-state index >= 15 is 0 Å². The molecule has 0 fully saturated rings. The molecule has 0 saturated heterocycles. The number of alkyl halides is 7. The lowest BCUT2D eigenvalue weighted by Crippen LogP contribution is -2.49. The second-order valence-corrected chi connectivity index (χ2v) is 8.17. The van der Waals surface area contributed by atoms with Gasteiger partial charge < -0.3 is 0 Å². The molecule has 148 valence electrons. The molecule has 0 heterocycles. The fourth-order valence-electron chi connectivity index (χ4n) is 4.97. The Morgan fingerprint density at radius 3 is 1.71 bits per heavy atom. The lowest BCUT2D eigenvalue weighted by Gasteiger charge is -2.52. The zero-order chi connectivity index (χ0) is 20.3. The molecule has 0 radical (unpaired) electrons. The predicted octanol–water partition coefficient (Wildman–Crippen LogP) is 7.07. The van der Waals surface area contributed by atoms with E-state index in [1.165, 1.54) is 12.1 Å². The molecular formula is C21H15F6I. The van der Waals surface area contributed by atoms with Gasteiger partial charge in [-0.15, -0.1) is 0 Å². The Labute approximate surface area is 171 Å². The van der Waals surface area contributed by atoms with E-state index in [0.717, 1.165) is 0 Å².